The summed E-state index contributed by atoms with van der Waals surface area (Å²) in [6.07, 6.45) is 0. The third-order valence-corrected chi connectivity index (χ3v) is 5.86. The van der Waals surface area contributed by atoms with Crippen molar-refractivity contribution >= 4 is 39.3 Å². The molecule has 182 valence electrons. The first-order valence-corrected chi connectivity index (χ1v) is 11.5. The first kappa shape index (κ1) is 24.4. The number of anilines is 1. The molecule has 0 saturated heterocycles. The van der Waals surface area contributed by atoms with E-state index >= 15 is 0 Å². The third-order valence-electron chi connectivity index (χ3n) is 4.85. The highest BCUT2D eigenvalue weighted by molar-refractivity contribution is 7.20. The summed E-state index contributed by atoms with van der Waals surface area (Å²) in [5.74, 6) is -1.71. The number of hydrogen-bond acceptors (Lipinski definition) is 10. The molecule has 0 radical (unpaired) electrons. The van der Waals surface area contributed by atoms with Gasteiger partial charge in [-0.3, -0.25) is 4.79 Å². The van der Waals surface area contributed by atoms with Crippen LogP contribution in [0.25, 0.3) is 21.3 Å². The topological polar surface area (TPSA) is 116 Å². The van der Waals surface area contributed by atoms with Crippen molar-refractivity contribution in [3.05, 3.63) is 59.2 Å². The molecule has 11 heteroatoms. The van der Waals surface area contributed by atoms with Crippen LogP contribution < -0.4 is 5.32 Å². The normalized spacial score (nSPS) is 12.5. The predicted octanol–water partition coefficient (Wildman–Crippen LogP) is 4.49. The van der Waals surface area contributed by atoms with Crippen molar-refractivity contribution < 1.29 is 27.9 Å². The molecule has 9 nitrogen and oxygen atoms in total. The monoisotopic (exact) mass is 498 g/mol. The summed E-state index contributed by atoms with van der Waals surface area (Å²) in [6.45, 7) is 5.55. The first-order valence-electron chi connectivity index (χ1n) is 10.7. The van der Waals surface area contributed by atoms with Crippen LogP contribution in [0.2, 0.25) is 0 Å². The number of ether oxygens (including phenoxy) is 2. The molecule has 0 amide bonds. The largest absolute Gasteiger partial charge is 0.467 e. The second-order valence-corrected chi connectivity index (χ2v) is 9.62. The van der Waals surface area contributed by atoms with Gasteiger partial charge in [0.2, 0.25) is 0 Å². The van der Waals surface area contributed by atoms with Gasteiger partial charge in [0, 0.05) is 0 Å². The molecule has 0 aliphatic heterocycles. The highest BCUT2D eigenvalue weighted by Crippen LogP contribution is 2.29. The summed E-state index contributed by atoms with van der Waals surface area (Å²) < 4.78 is 29.9. The molecule has 0 aliphatic rings. The number of thiazole rings is 1. The van der Waals surface area contributed by atoms with Gasteiger partial charge in [-0.2, -0.15) is 0 Å². The highest BCUT2D eigenvalue weighted by atomic mass is 32.1. The lowest BCUT2D eigenvalue weighted by Crippen LogP contribution is -2.38. The van der Waals surface area contributed by atoms with Gasteiger partial charge < -0.3 is 19.2 Å². The van der Waals surface area contributed by atoms with Crippen LogP contribution in [0.4, 0.5) is 10.4 Å². The Hall–Kier alpha value is -3.70. The molecule has 1 atom stereocenters. The van der Waals surface area contributed by atoms with E-state index in [1.165, 1.54) is 30.6 Å². The van der Waals surface area contributed by atoms with Crippen molar-refractivity contribution in [3.63, 3.8) is 0 Å². The molecule has 0 fully saturated rings. The van der Waals surface area contributed by atoms with Crippen molar-refractivity contribution in [1.82, 2.24) is 15.2 Å². The number of nitrogens with one attached hydrogen (secondary N) is 1. The Morgan fingerprint density at radius 3 is 2.51 bits per heavy atom. The molecular formula is C24H23FN4O5S. The maximum Gasteiger partial charge on any atom is 0.330 e. The van der Waals surface area contributed by atoms with Crippen LogP contribution in [0.5, 0.6) is 0 Å². The Morgan fingerprint density at radius 1 is 1.11 bits per heavy atom. The molecule has 0 bridgehead atoms. The number of benzene rings is 2. The fraction of sp³-hybridized carbons (Fsp3) is 0.292. The Bertz CT molecular complexity index is 1360. The molecule has 1 N–H and O–H groups in total. The number of nitrogens with zero attached hydrogens (tertiary/aromatic N) is 3. The van der Waals surface area contributed by atoms with Gasteiger partial charge in [0.1, 0.15) is 5.82 Å². The van der Waals surface area contributed by atoms with E-state index in [0.29, 0.717) is 5.52 Å². The van der Waals surface area contributed by atoms with Crippen molar-refractivity contribution in [2.45, 2.75) is 32.4 Å². The fourth-order valence-corrected chi connectivity index (χ4v) is 4.04. The average Bonchev–Trinajstić information content (AvgIpc) is 3.47. The van der Waals surface area contributed by atoms with Gasteiger partial charge in [-0.1, -0.05) is 23.3 Å². The predicted molar refractivity (Wildman–Crippen MR) is 128 cm³/mol. The number of carbonyl (C=O) groups excluding carboxylic acids is 2. The van der Waals surface area contributed by atoms with E-state index in [2.05, 4.69) is 20.5 Å². The van der Waals surface area contributed by atoms with Gasteiger partial charge in [-0.25, -0.2) is 14.2 Å². The fourth-order valence-electron chi connectivity index (χ4n) is 3.10. The number of ketones is 1. The molecule has 2 heterocycles. The summed E-state index contributed by atoms with van der Waals surface area (Å²) in [6, 6.07) is 10.6. The Morgan fingerprint density at radius 2 is 1.83 bits per heavy atom. The van der Waals surface area contributed by atoms with E-state index in [0.717, 1.165) is 15.8 Å². The molecule has 0 saturated carbocycles. The molecule has 1 unspecified atom stereocenters. The van der Waals surface area contributed by atoms with E-state index in [9.17, 15) is 14.0 Å². The first-order chi connectivity index (χ1) is 16.6. The van der Waals surface area contributed by atoms with Gasteiger partial charge in [0.25, 0.3) is 11.7 Å². The molecule has 2 aromatic carbocycles. The van der Waals surface area contributed by atoms with Crippen LogP contribution in [-0.2, 0) is 14.3 Å². The van der Waals surface area contributed by atoms with Crippen LogP contribution in [0.3, 0.4) is 0 Å². The number of fused-ring (bicyclic) bond motifs is 1. The molecule has 2 aromatic heterocycles. The minimum Gasteiger partial charge on any atom is -0.467 e. The van der Waals surface area contributed by atoms with E-state index in [1.54, 1.807) is 18.2 Å². The minimum absolute atomic E-state index is 0.00388. The van der Waals surface area contributed by atoms with Crippen molar-refractivity contribution in [3.8, 4) is 11.1 Å². The molecule has 0 aliphatic carbocycles. The number of hydrogen-bond donors (Lipinski definition) is 1. The zero-order chi connectivity index (χ0) is 25.2. The van der Waals surface area contributed by atoms with Crippen LogP contribution in [0.1, 0.15) is 36.5 Å². The second-order valence-electron chi connectivity index (χ2n) is 8.59. The number of rotatable bonds is 8. The number of aromatic nitrogens is 3. The zero-order valence-corrected chi connectivity index (χ0v) is 20.3. The maximum absolute atomic E-state index is 13.2. The number of esters is 1. The lowest BCUT2D eigenvalue weighted by molar-refractivity contribution is -0.144. The molecule has 0 spiro atoms. The van der Waals surface area contributed by atoms with E-state index in [1.807, 2.05) is 32.9 Å². The summed E-state index contributed by atoms with van der Waals surface area (Å²) in [5.41, 5.74) is 1.87. The van der Waals surface area contributed by atoms with Crippen LogP contribution in [-0.4, -0.2) is 52.3 Å². The molecule has 4 aromatic rings. The average molecular weight is 499 g/mol. The van der Waals surface area contributed by atoms with Crippen LogP contribution in [0, 0.1) is 5.82 Å². The molecule has 35 heavy (non-hydrogen) atoms. The van der Waals surface area contributed by atoms with Crippen LogP contribution in [0.15, 0.2) is 46.9 Å². The third kappa shape index (κ3) is 5.87. The van der Waals surface area contributed by atoms with Crippen LogP contribution >= 0.6 is 11.3 Å². The lowest BCUT2D eigenvalue weighted by atomic mass is 10.1. The van der Waals surface area contributed by atoms with E-state index in [4.69, 9.17) is 13.9 Å². The van der Waals surface area contributed by atoms with Crippen molar-refractivity contribution in [2.24, 2.45) is 0 Å². The summed E-state index contributed by atoms with van der Waals surface area (Å²) in [4.78, 5) is 29.4. The zero-order valence-electron chi connectivity index (χ0n) is 19.5. The smallest absolute Gasteiger partial charge is 0.330 e. The minimum atomic E-state index is -0.907. The number of halogens is 1. The molecular weight excluding hydrogens is 475 g/mol. The highest BCUT2D eigenvalue weighted by Gasteiger charge is 2.26. The number of methoxy groups -OCH3 is 1. The van der Waals surface area contributed by atoms with Gasteiger partial charge in [0.15, 0.2) is 11.0 Å². The van der Waals surface area contributed by atoms with Crippen molar-refractivity contribution in [2.75, 3.05) is 19.0 Å². The summed E-state index contributed by atoms with van der Waals surface area (Å²) in [7, 11) is 1.26. The van der Waals surface area contributed by atoms with Crippen molar-refractivity contribution in [1.29, 1.82) is 0 Å². The quantitative estimate of drug-likeness (QED) is 0.277. The van der Waals surface area contributed by atoms with Gasteiger partial charge in [-0.05, 0) is 56.2 Å². The van der Waals surface area contributed by atoms with Gasteiger partial charge in [0.05, 0.1) is 29.5 Å². The van der Waals surface area contributed by atoms with E-state index < -0.39 is 23.4 Å². The maximum atomic E-state index is 13.2. The summed E-state index contributed by atoms with van der Waals surface area (Å²) >= 11 is 1.18. The molecule has 4 rings (SSSR count). The summed E-state index contributed by atoms with van der Waals surface area (Å²) in [5, 5.41) is 10.5. The van der Waals surface area contributed by atoms with E-state index in [-0.39, 0.29) is 29.3 Å². The van der Waals surface area contributed by atoms with Gasteiger partial charge >= 0.3 is 12.0 Å². The number of carbonyl (C=O) groups is 2. The SMILES string of the molecule is COC(=O)C(COC(C)(C)C)Nc1nnc(C(=O)c2nc3ccc(-c4ccc(F)cc4)cc3s2)o1. The Kier molecular flexibility index (Phi) is 6.90. The lowest BCUT2D eigenvalue weighted by Gasteiger charge is -2.23. The Labute approximate surface area is 204 Å². The van der Waals surface area contributed by atoms with Gasteiger partial charge in [-0.15, -0.1) is 16.4 Å². The standard InChI is InChI=1S/C24H23FN4O5S/c1-24(2,3)33-12-17(22(31)32-4)27-23-29-28-20(34-23)19(30)21-26-16-10-7-14(11-18(16)35-21)13-5-8-15(25)9-6-13/h5-11,17H,12H2,1-4H3,(H,27,29). The second kappa shape index (κ2) is 9.88. The Balaban J connectivity index is 1.51.